The lowest BCUT2D eigenvalue weighted by atomic mass is 9.98. The molecule has 3 rings (SSSR count). The Hall–Kier alpha value is -3.34. The molecule has 31 heavy (non-hydrogen) atoms. The molecule has 1 heterocycles. The molecule has 0 unspecified atom stereocenters. The molecule has 0 saturated carbocycles. The van der Waals surface area contributed by atoms with E-state index in [9.17, 15) is 14.0 Å². The minimum atomic E-state index is -0.455. The Morgan fingerprint density at radius 3 is 2.26 bits per heavy atom. The third kappa shape index (κ3) is 5.23. The number of pyridine rings is 1. The van der Waals surface area contributed by atoms with Crippen LogP contribution < -0.4 is 4.90 Å². The topological polar surface area (TPSA) is 50.3 Å². The Balaban J connectivity index is 1.70. The fourth-order valence-corrected chi connectivity index (χ4v) is 3.55. The number of halogens is 1. The molecule has 1 amide bonds. The fraction of sp³-hybridized carbons (Fsp3) is 0.269. The highest BCUT2D eigenvalue weighted by Crippen LogP contribution is 2.27. The summed E-state index contributed by atoms with van der Waals surface area (Å²) in [5.41, 5.74) is 5.40. The highest BCUT2D eigenvalue weighted by atomic mass is 19.1. The van der Waals surface area contributed by atoms with Crippen LogP contribution in [-0.2, 0) is 11.2 Å². The monoisotopic (exact) mass is 418 g/mol. The van der Waals surface area contributed by atoms with E-state index < -0.39 is 5.82 Å². The molecule has 4 nitrogen and oxygen atoms in total. The summed E-state index contributed by atoms with van der Waals surface area (Å²) in [5, 5.41) is 0. The van der Waals surface area contributed by atoms with Gasteiger partial charge in [-0.1, -0.05) is 43.3 Å². The second kappa shape index (κ2) is 9.65. The van der Waals surface area contributed by atoms with Gasteiger partial charge in [-0.25, -0.2) is 4.39 Å². The van der Waals surface area contributed by atoms with Crippen LogP contribution in [0.4, 0.5) is 10.1 Å². The number of amides is 1. The van der Waals surface area contributed by atoms with Crippen molar-refractivity contribution in [2.24, 2.45) is 0 Å². The van der Waals surface area contributed by atoms with Gasteiger partial charge in [-0.15, -0.1) is 0 Å². The molecule has 160 valence electrons. The molecule has 0 bridgehead atoms. The number of ketones is 1. The van der Waals surface area contributed by atoms with Crippen LogP contribution in [0, 0.1) is 19.7 Å². The SMILES string of the molecule is CCC(=O)N(C)c1ccc(-c2ccc(C(=O)CCc3ccc(C)nc3C)cc2)cc1F. The van der Waals surface area contributed by atoms with Gasteiger partial charge in [0.1, 0.15) is 5.82 Å². The van der Waals surface area contributed by atoms with E-state index >= 15 is 0 Å². The zero-order valence-corrected chi connectivity index (χ0v) is 18.4. The molecular weight excluding hydrogens is 391 g/mol. The van der Waals surface area contributed by atoms with Crippen molar-refractivity contribution in [1.82, 2.24) is 4.98 Å². The van der Waals surface area contributed by atoms with Gasteiger partial charge in [0.15, 0.2) is 5.78 Å². The number of benzene rings is 2. The molecule has 0 saturated heterocycles. The van der Waals surface area contributed by atoms with E-state index in [1.807, 2.05) is 38.1 Å². The average molecular weight is 419 g/mol. The van der Waals surface area contributed by atoms with E-state index in [4.69, 9.17) is 0 Å². The summed E-state index contributed by atoms with van der Waals surface area (Å²) in [6.07, 6.45) is 1.37. The van der Waals surface area contributed by atoms with Gasteiger partial charge in [0.2, 0.25) is 5.91 Å². The Morgan fingerprint density at radius 2 is 1.65 bits per heavy atom. The van der Waals surface area contributed by atoms with Gasteiger partial charge in [0, 0.05) is 36.8 Å². The zero-order chi connectivity index (χ0) is 22.5. The first-order valence-corrected chi connectivity index (χ1v) is 10.4. The van der Waals surface area contributed by atoms with Gasteiger partial charge in [-0.05, 0) is 55.2 Å². The van der Waals surface area contributed by atoms with E-state index in [0.29, 0.717) is 30.4 Å². The molecule has 1 aromatic heterocycles. The third-order valence-electron chi connectivity index (χ3n) is 5.48. The molecule has 0 aliphatic rings. The molecule has 0 aliphatic carbocycles. The lowest BCUT2D eigenvalue weighted by Crippen LogP contribution is -2.25. The summed E-state index contributed by atoms with van der Waals surface area (Å²) >= 11 is 0. The van der Waals surface area contributed by atoms with Crippen LogP contribution >= 0.6 is 0 Å². The maximum Gasteiger partial charge on any atom is 0.226 e. The smallest absolute Gasteiger partial charge is 0.226 e. The van der Waals surface area contributed by atoms with Crippen LogP contribution in [0.3, 0.4) is 0 Å². The fourth-order valence-electron chi connectivity index (χ4n) is 3.55. The minimum absolute atomic E-state index is 0.0627. The van der Waals surface area contributed by atoms with Crippen molar-refractivity contribution in [2.45, 2.75) is 40.0 Å². The standard InChI is InChI=1S/C26H27FN2O2/c1-5-26(31)29(4)24-14-12-22(16-23(24)27)20-8-10-21(11-9-20)25(30)15-13-19-7-6-17(2)28-18(19)3/h6-12,14,16H,5,13,15H2,1-4H3. The van der Waals surface area contributed by atoms with Crippen LogP contribution in [0.1, 0.15) is 47.1 Å². The van der Waals surface area contributed by atoms with Crippen LogP contribution in [-0.4, -0.2) is 23.7 Å². The van der Waals surface area contributed by atoms with Crippen molar-refractivity contribution in [3.8, 4) is 11.1 Å². The third-order valence-corrected chi connectivity index (χ3v) is 5.48. The number of carbonyl (C=O) groups is 2. The number of hydrogen-bond acceptors (Lipinski definition) is 3. The summed E-state index contributed by atoms with van der Waals surface area (Å²) in [5.74, 6) is -0.539. The lowest BCUT2D eigenvalue weighted by Gasteiger charge is -2.17. The van der Waals surface area contributed by atoms with Crippen LogP contribution in [0.2, 0.25) is 0 Å². The molecule has 0 spiro atoms. The maximum absolute atomic E-state index is 14.6. The molecule has 0 radical (unpaired) electrons. The van der Waals surface area contributed by atoms with E-state index in [1.165, 1.54) is 11.0 Å². The van der Waals surface area contributed by atoms with Gasteiger partial charge in [-0.2, -0.15) is 0 Å². The van der Waals surface area contributed by atoms with Gasteiger partial charge in [0.05, 0.1) is 5.69 Å². The highest BCUT2D eigenvalue weighted by Gasteiger charge is 2.14. The number of nitrogens with zero attached hydrogens (tertiary/aromatic N) is 2. The van der Waals surface area contributed by atoms with Crippen LogP contribution in [0.25, 0.3) is 11.1 Å². The Bertz CT molecular complexity index is 1110. The van der Waals surface area contributed by atoms with Gasteiger partial charge < -0.3 is 4.90 Å². The molecule has 0 atom stereocenters. The van der Waals surface area contributed by atoms with Crippen molar-refractivity contribution in [1.29, 1.82) is 0 Å². The number of Topliss-reactive ketones (excluding diaryl/α,β-unsaturated/α-hetero) is 1. The first-order valence-electron chi connectivity index (χ1n) is 10.4. The number of aromatic nitrogens is 1. The first kappa shape index (κ1) is 22.3. The van der Waals surface area contributed by atoms with Gasteiger partial charge in [0.25, 0.3) is 0 Å². The van der Waals surface area contributed by atoms with Crippen LogP contribution in [0.15, 0.2) is 54.6 Å². The summed E-state index contributed by atoms with van der Waals surface area (Å²) < 4.78 is 14.6. The van der Waals surface area contributed by atoms with Crippen molar-refractivity contribution < 1.29 is 14.0 Å². The molecule has 3 aromatic rings. The summed E-state index contributed by atoms with van der Waals surface area (Å²) in [6.45, 7) is 5.65. The van der Waals surface area contributed by atoms with E-state index in [-0.39, 0.29) is 17.4 Å². The molecule has 5 heteroatoms. The second-order valence-corrected chi connectivity index (χ2v) is 7.67. The number of rotatable bonds is 7. The largest absolute Gasteiger partial charge is 0.313 e. The summed E-state index contributed by atoms with van der Waals surface area (Å²) in [7, 11) is 1.57. The quantitative estimate of drug-likeness (QED) is 0.463. The predicted octanol–water partition coefficient (Wildman–Crippen LogP) is 5.69. The molecule has 2 aromatic carbocycles. The minimum Gasteiger partial charge on any atom is -0.313 e. The van der Waals surface area contributed by atoms with E-state index in [1.54, 1.807) is 38.2 Å². The molecule has 0 N–H and O–H groups in total. The first-order chi connectivity index (χ1) is 14.8. The van der Waals surface area contributed by atoms with Gasteiger partial charge >= 0.3 is 0 Å². The molecule has 0 fully saturated rings. The molecular formula is C26H27FN2O2. The second-order valence-electron chi connectivity index (χ2n) is 7.67. The van der Waals surface area contributed by atoms with Crippen LogP contribution in [0.5, 0.6) is 0 Å². The maximum atomic E-state index is 14.6. The van der Waals surface area contributed by atoms with Gasteiger partial charge in [-0.3, -0.25) is 14.6 Å². The van der Waals surface area contributed by atoms with Crippen molar-refractivity contribution in [2.75, 3.05) is 11.9 Å². The summed E-state index contributed by atoms with van der Waals surface area (Å²) in [4.78, 5) is 30.2. The Labute approximate surface area is 182 Å². The van der Waals surface area contributed by atoms with E-state index in [0.717, 1.165) is 22.5 Å². The van der Waals surface area contributed by atoms with Crippen molar-refractivity contribution in [3.05, 3.63) is 82.9 Å². The normalized spacial score (nSPS) is 10.7. The van der Waals surface area contributed by atoms with E-state index in [2.05, 4.69) is 4.98 Å². The van der Waals surface area contributed by atoms with Crippen molar-refractivity contribution in [3.63, 3.8) is 0 Å². The Morgan fingerprint density at radius 1 is 0.968 bits per heavy atom. The predicted molar refractivity (Wildman–Crippen MR) is 122 cm³/mol. The zero-order valence-electron chi connectivity index (χ0n) is 18.4. The van der Waals surface area contributed by atoms with Crippen molar-refractivity contribution >= 4 is 17.4 Å². The number of aryl methyl sites for hydroxylation is 3. The molecule has 0 aliphatic heterocycles. The number of hydrogen-bond donors (Lipinski definition) is 0. The summed E-state index contributed by atoms with van der Waals surface area (Å²) in [6, 6.07) is 16.0. The number of anilines is 1. The highest BCUT2D eigenvalue weighted by molar-refractivity contribution is 5.96. The average Bonchev–Trinajstić information content (AvgIpc) is 2.77. The Kier molecular flexibility index (Phi) is 6.95. The lowest BCUT2D eigenvalue weighted by molar-refractivity contribution is -0.118. The number of carbonyl (C=O) groups excluding carboxylic acids is 2.